The Hall–Kier alpha value is -2.18. The average molecular weight is 274 g/mol. The van der Waals surface area contributed by atoms with Gasteiger partial charge in [0.1, 0.15) is 11.5 Å². The summed E-state index contributed by atoms with van der Waals surface area (Å²) in [7, 11) is 0. The molecule has 0 radical (unpaired) electrons. The lowest BCUT2D eigenvalue weighted by Gasteiger charge is -2.10. The van der Waals surface area contributed by atoms with E-state index in [0.717, 1.165) is 6.07 Å². The number of nitrogens with one attached hydrogen (secondary N) is 1. The van der Waals surface area contributed by atoms with Crippen molar-refractivity contribution >= 4 is 11.4 Å². The Labute approximate surface area is 104 Å². The molecule has 1 heterocycles. The van der Waals surface area contributed by atoms with Crippen LogP contribution in [-0.2, 0) is 0 Å². The smallest absolute Gasteiger partial charge is 0.253 e. The standard InChI is InChI=1S/C12H7F5N2/c1-5-2-3-6(4-7(5)13)18-10-8(14)11(16)19-12(17)9(10)15/h2-4H,1H3,(H,18,19). The van der Waals surface area contributed by atoms with Crippen molar-refractivity contribution < 1.29 is 22.0 Å². The fourth-order valence-corrected chi connectivity index (χ4v) is 1.41. The Morgan fingerprint density at radius 1 is 0.947 bits per heavy atom. The van der Waals surface area contributed by atoms with Crippen LogP contribution in [0.2, 0.25) is 0 Å². The van der Waals surface area contributed by atoms with Gasteiger partial charge in [-0.2, -0.15) is 22.5 Å². The summed E-state index contributed by atoms with van der Waals surface area (Å²) in [6.45, 7) is 1.49. The lowest BCUT2D eigenvalue weighted by molar-refractivity contribution is 0.411. The second kappa shape index (κ2) is 4.83. The molecule has 2 rings (SSSR count). The Bertz CT molecular complexity index is 616. The highest BCUT2D eigenvalue weighted by Gasteiger charge is 2.20. The van der Waals surface area contributed by atoms with Gasteiger partial charge in [0.05, 0.1) is 0 Å². The minimum atomic E-state index is -1.78. The zero-order chi connectivity index (χ0) is 14.2. The lowest BCUT2D eigenvalue weighted by atomic mass is 10.2. The highest BCUT2D eigenvalue weighted by Crippen LogP contribution is 2.26. The molecule has 0 atom stereocenters. The largest absolute Gasteiger partial charge is 0.350 e. The third kappa shape index (κ3) is 2.49. The van der Waals surface area contributed by atoms with Gasteiger partial charge in [-0.05, 0) is 24.6 Å². The van der Waals surface area contributed by atoms with E-state index in [2.05, 4.69) is 10.3 Å². The quantitative estimate of drug-likeness (QED) is 0.665. The number of anilines is 2. The summed E-state index contributed by atoms with van der Waals surface area (Å²) >= 11 is 0. The van der Waals surface area contributed by atoms with Crippen LogP contribution in [0.3, 0.4) is 0 Å². The molecule has 2 aromatic rings. The van der Waals surface area contributed by atoms with Gasteiger partial charge in [0, 0.05) is 5.69 Å². The van der Waals surface area contributed by atoms with Gasteiger partial charge in [0.2, 0.25) is 11.6 Å². The molecular formula is C12H7F5N2. The second-order valence-electron chi connectivity index (χ2n) is 3.79. The zero-order valence-electron chi connectivity index (χ0n) is 9.57. The summed E-state index contributed by atoms with van der Waals surface area (Å²) in [5.41, 5.74) is -0.794. The predicted molar refractivity (Wildman–Crippen MR) is 58.5 cm³/mol. The van der Waals surface area contributed by atoms with Crippen molar-refractivity contribution in [2.24, 2.45) is 0 Å². The molecule has 0 amide bonds. The van der Waals surface area contributed by atoms with E-state index in [9.17, 15) is 22.0 Å². The van der Waals surface area contributed by atoms with Crippen molar-refractivity contribution in [3.8, 4) is 0 Å². The van der Waals surface area contributed by atoms with Crippen LogP contribution in [0.1, 0.15) is 5.56 Å². The van der Waals surface area contributed by atoms with Crippen LogP contribution in [0.4, 0.5) is 33.3 Å². The monoisotopic (exact) mass is 274 g/mol. The third-order valence-corrected chi connectivity index (χ3v) is 2.44. The summed E-state index contributed by atoms with van der Waals surface area (Å²) in [5.74, 6) is -7.55. The zero-order valence-corrected chi connectivity index (χ0v) is 9.57. The highest BCUT2D eigenvalue weighted by molar-refractivity contribution is 5.60. The predicted octanol–water partition coefficient (Wildman–Crippen LogP) is 3.83. The van der Waals surface area contributed by atoms with E-state index in [1.165, 1.54) is 19.1 Å². The first kappa shape index (κ1) is 13.3. The molecule has 100 valence electrons. The molecule has 0 aliphatic heterocycles. The highest BCUT2D eigenvalue weighted by atomic mass is 19.2. The topological polar surface area (TPSA) is 24.9 Å². The van der Waals surface area contributed by atoms with Crippen molar-refractivity contribution in [3.05, 3.63) is 53.1 Å². The molecule has 0 unspecified atom stereocenters. The van der Waals surface area contributed by atoms with Gasteiger partial charge in [-0.25, -0.2) is 4.39 Å². The molecule has 1 aromatic heterocycles. The first-order chi connectivity index (χ1) is 8.90. The minimum absolute atomic E-state index is 0.0501. The van der Waals surface area contributed by atoms with Gasteiger partial charge in [0.25, 0.3) is 11.9 Å². The number of hydrogen-bond acceptors (Lipinski definition) is 2. The number of nitrogens with zero attached hydrogens (tertiary/aromatic N) is 1. The van der Waals surface area contributed by atoms with Crippen molar-refractivity contribution in [2.75, 3.05) is 5.32 Å². The third-order valence-electron chi connectivity index (χ3n) is 2.44. The first-order valence-corrected chi connectivity index (χ1v) is 5.13. The molecule has 0 saturated heterocycles. The number of pyridine rings is 1. The molecule has 0 bridgehead atoms. The normalized spacial score (nSPS) is 10.6. The summed E-state index contributed by atoms with van der Waals surface area (Å²) in [6.07, 6.45) is 0. The van der Waals surface area contributed by atoms with Crippen molar-refractivity contribution in [2.45, 2.75) is 6.92 Å². The van der Waals surface area contributed by atoms with Gasteiger partial charge in [-0.1, -0.05) is 6.07 Å². The molecule has 0 fully saturated rings. The molecule has 7 heteroatoms. The van der Waals surface area contributed by atoms with E-state index in [0.29, 0.717) is 5.56 Å². The summed E-state index contributed by atoms with van der Waals surface area (Å²) < 4.78 is 65.6. The minimum Gasteiger partial charge on any atom is -0.350 e. The summed E-state index contributed by atoms with van der Waals surface area (Å²) in [4.78, 5) is 2.41. The van der Waals surface area contributed by atoms with Crippen molar-refractivity contribution in [1.82, 2.24) is 4.98 Å². The fourth-order valence-electron chi connectivity index (χ4n) is 1.41. The molecule has 2 nitrogen and oxygen atoms in total. The van der Waals surface area contributed by atoms with E-state index < -0.39 is 35.0 Å². The maximum Gasteiger partial charge on any atom is 0.253 e. The van der Waals surface area contributed by atoms with Gasteiger partial charge in [0.15, 0.2) is 0 Å². The number of aromatic nitrogens is 1. The number of halogens is 5. The molecule has 1 N–H and O–H groups in total. The van der Waals surface area contributed by atoms with E-state index in [1.807, 2.05) is 0 Å². The summed E-state index contributed by atoms with van der Waals surface area (Å²) in [5, 5.41) is 2.08. The first-order valence-electron chi connectivity index (χ1n) is 5.13. The van der Waals surface area contributed by atoms with Crippen LogP contribution in [0.5, 0.6) is 0 Å². The molecule has 1 aromatic carbocycles. The summed E-state index contributed by atoms with van der Waals surface area (Å²) in [6, 6.07) is 3.61. The van der Waals surface area contributed by atoms with Gasteiger partial charge in [-0.15, -0.1) is 0 Å². The number of rotatable bonds is 2. The van der Waals surface area contributed by atoms with E-state index >= 15 is 0 Å². The Balaban J connectivity index is 2.46. The van der Waals surface area contributed by atoms with Crippen LogP contribution in [0, 0.1) is 36.3 Å². The number of aryl methyl sites for hydroxylation is 1. The van der Waals surface area contributed by atoms with Crippen molar-refractivity contribution in [3.63, 3.8) is 0 Å². The van der Waals surface area contributed by atoms with Gasteiger partial charge >= 0.3 is 0 Å². The van der Waals surface area contributed by atoms with Gasteiger partial charge < -0.3 is 5.32 Å². The van der Waals surface area contributed by atoms with Crippen LogP contribution in [0.15, 0.2) is 18.2 Å². The fraction of sp³-hybridized carbons (Fsp3) is 0.0833. The van der Waals surface area contributed by atoms with E-state index in [-0.39, 0.29) is 5.69 Å². The van der Waals surface area contributed by atoms with Crippen molar-refractivity contribution in [1.29, 1.82) is 0 Å². The maximum absolute atomic E-state index is 13.3. The molecule has 0 aliphatic carbocycles. The average Bonchev–Trinajstić information content (AvgIpc) is 2.36. The molecule has 19 heavy (non-hydrogen) atoms. The van der Waals surface area contributed by atoms with E-state index in [4.69, 9.17) is 0 Å². The number of hydrogen-bond donors (Lipinski definition) is 1. The van der Waals surface area contributed by atoms with Gasteiger partial charge in [-0.3, -0.25) is 0 Å². The molecular weight excluding hydrogens is 267 g/mol. The second-order valence-corrected chi connectivity index (χ2v) is 3.79. The molecule has 0 spiro atoms. The maximum atomic E-state index is 13.3. The number of benzene rings is 1. The van der Waals surface area contributed by atoms with Crippen LogP contribution in [-0.4, -0.2) is 4.98 Å². The van der Waals surface area contributed by atoms with Crippen LogP contribution < -0.4 is 5.32 Å². The van der Waals surface area contributed by atoms with E-state index in [1.54, 1.807) is 0 Å². The lowest BCUT2D eigenvalue weighted by Crippen LogP contribution is -2.06. The molecule has 0 saturated carbocycles. The SMILES string of the molecule is Cc1ccc(Nc2c(F)c(F)nc(F)c2F)cc1F. The van der Waals surface area contributed by atoms with Crippen LogP contribution in [0.25, 0.3) is 0 Å². The Kier molecular flexibility index (Phi) is 3.37. The molecule has 0 aliphatic rings. The van der Waals surface area contributed by atoms with Crippen LogP contribution >= 0.6 is 0 Å². The Morgan fingerprint density at radius 3 is 2.05 bits per heavy atom. The Morgan fingerprint density at radius 2 is 1.53 bits per heavy atom.